The maximum atomic E-state index is 10.6. The van der Waals surface area contributed by atoms with Gasteiger partial charge in [-0.2, -0.15) is 0 Å². The summed E-state index contributed by atoms with van der Waals surface area (Å²) in [6.45, 7) is 5.81. The van der Waals surface area contributed by atoms with Crippen molar-refractivity contribution in [1.29, 1.82) is 0 Å². The second-order valence-electron chi connectivity index (χ2n) is 6.39. The molecule has 0 bridgehead atoms. The first-order chi connectivity index (χ1) is 10.2. The summed E-state index contributed by atoms with van der Waals surface area (Å²) in [4.78, 5) is 0. The molecule has 5 nitrogen and oxygen atoms in total. The molecule has 5 heteroatoms. The second-order valence-corrected chi connectivity index (χ2v) is 6.39. The predicted octanol–water partition coefficient (Wildman–Crippen LogP) is 2.32. The average Bonchev–Trinajstić information content (AvgIpc) is 2.42. The molecule has 0 spiro atoms. The number of phenolic OH excluding ortho intramolecular Hbond substituents is 2. The Labute approximate surface area is 131 Å². The van der Waals surface area contributed by atoms with Crippen LogP contribution in [0.1, 0.15) is 51.7 Å². The van der Waals surface area contributed by atoms with Gasteiger partial charge in [-0.1, -0.05) is 20.8 Å². The molecule has 0 aromatic heterocycles. The van der Waals surface area contributed by atoms with E-state index >= 15 is 0 Å². The molecule has 0 saturated carbocycles. The van der Waals surface area contributed by atoms with Crippen LogP contribution in [0.25, 0.3) is 0 Å². The summed E-state index contributed by atoms with van der Waals surface area (Å²) >= 11 is 0. The van der Waals surface area contributed by atoms with E-state index in [2.05, 4.69) is 0 Å². The fraction of sp³-hybridized carbons (Fsp3) is 0.647. The van der Waals surface area contributed by atoms with Crippen LogP contribution >= 0.6 is 0 Å². The van der Waals surface area contributed by atoms with Crippen molar-refractivity contribution in [3.05, 3.63) is 23.8 Å². The topological polar surface area (TPSA) is 101 Å². The smallest absolute Gasteiger partial charge is 0.119 e. The molecule has 1 aromatic carbocycles. The lowest BCUT2D eigenvalue weighted by atomic mass is 9.82. The van der Waals surface area contributed by atoms with E-state index in [1.807, 2.05) is 20.8 Å². The van der Waals surface area contributed by atoms with Crippen molar-refractivity contribution in [1.82, 2.24) is 0 Å². The van der Waals surface area contributed by atoms with Crippen LogP contribution in [0, 0.1) is 11.8 Å². The van der Waals surface area contributed by atoms with Crippen LogP contribution in [0.5, 0.6) is 11.5 Å². The van der Waals surface area contributed by atoms with Crippen molar-refractivity contribution in [2.45, 2.75) is 58.3 Å². The maximum absolute atomic E-state index is 10.6. The van der Waals surface area contributed by atoms with E-state index in [-0.39, 0.29) is 23.8 Å². The number of aromatic hydroxyl groups is 2. The minimum Gasteiger partial charge on any atom is -0.508 e. The molecule has 0 amide bonds. The standard InChI is InChI=1S/C17H28O5/c1-4-12(18)9-16(21)15(5-10(2)3)17(22)11-6-13(19)8-14(20)7-11/h6-8,10,12,15-22H,4-5,9H2,1-3H3/t12-,15-,16-,17+/m0/s1. The molecule has 0 radical (unpaired) electrons. The Morgan fingerprint density at radius 1 is 0.909 bits per heavy atom. The number of hydrogen-bond donors (Lipinski definition) is 5. The van der Waals surface area contributed by atoms with Crippen molar-refractivity contribution in [2.24, 2.45) is 11.8 Å². The fourth-order valence-corrected chi connectivity index (χ4v) is 2.70. The summed E-state index contributed by atoms with van der Waals surface area (Å²) in [6.07, 6.45) is -1.22. The molecule has 22 heavy (non-hydrogen) atoms. The highest BCUT2D eigenvalue weighted by molar-refractivity contribution is 5.37. The van der Waals surface area contributed by atoms with Crippen molar-refractivity contribution in [3.63, 3.8) is 0 Å². The summed E-state index contributed by atoms with van der Waals surface area (Å²) in [5, 5.41) is 49.8. The van der Waals surface area contributed by atoms with E-state index in [0.717, 1.165) is 0 Å². The minimum atomic E-state index is -1.03. The molecule has 0 saturated heterocycles. The summed E-state index contributed by atoms with van der Waals surface area (Å²) in [5.74, 6) is -0.512. The molecule has 126 valence electrons. The Balaban J connectivity index is 2.98. The van der Waals surface area contributed by atoms with Crippen LogP contribution in [0.2, 0.25) is 0 Å². The predicted molar refractivity (Wildman–Crippen MR) is 84.6 cm³/mol. The Hall–Kier alpha value is -1.30. The van der Waals surface area contributed by atoms with Gasteiger partial charge in [-0.3, -0.25) is 0 Å². The Bertz CT molecular complexity index is 440. The highest BCUT2D eigenvalue weighted by Crippen LogP contribution is 2.35. The molecule has 0 fully saturated rings. The van der Waals surface area contributed by atoms with Crippen molar-refractivity contribution in [3.8, 4) is 11.5 Å². The highest BCUT2D eigenvalue weighted by Gasteiger charge is 2.30. The molecule has 1 aromatic rings. The summed E-state index contributed by atoms with van der Waals surface area (Å²) < 4.78 is 0. The number of aliphatic hydroxyl groups excluding tert-OH is 3. The first kappa shape index (κ1) is 18.7. The molecule has 1 rings (SSSR count). The largest absolute Gasteiger partial charge is 0.508 e. The third kappa shape index (κ3) is 5.48. The summed E-state index contributed by atoms with van der Waals surface area (Å²) in [5.41, 5.74) is 0.355. The van der Waals surface area contributed by atoms with Gasteiger partial charge in [0.25, 0.3) is 0 Å². The Kier molecular flexibility index (Phi) is 7.13. The van der Waals surface area contributed by atoms with Crippen LogP contribution < -0.4 is 0 Å². The highest BCUT2D eigenvalue weighted by atomic mass is 16.3. The monoisotopic (exact) mass is 312 g/mol. The van der Waals surface area contributed by atoms with Gasteiger partial charge in [0, 0.05) is 12.0 Å². The number of hydrogen-bond acceptors (Lipinski definition) is 5. The lowest BCUT2D eigenvalue weighted by Crippen LogP contribution is -2.31. The van der Waals surface area contributed by atoms with E-state index in [4.69, 9.17) is 0 Å². The van der Waals surface area contributed by atoms with E-state index in [1.165, 1.54) is 18.2 Å². The fourth-order valence-electron chi connectivity index (χ4n) is 2.70. The second kappa shape index (κ2) is 8.36. The molecule has 0 aliphatic carbocycles. The molecule has 5 N–H and O–H groups in total. The summed E-state index contributed by atoms with van der Waals surface area (Å²) in [7, 11) is 0. The van der Waals surface area contributed by atoms with Gasteiger partial charge >= 0.3 is 0 Å². The Morgan fingerprint density at radius 2 is 1.45 bits per heavy atom. The van der Waals surface area contributed by atoms with Crippen LogP contribution in [0.4, 0.5) is 0 Å². The molecule has 0 aliphatic heterocycles. The normalized spacial score (nSPS) is 17.2. The number of aliphatic hydroxyl groups is 3. The molecule has 4 atom stereocenters. The van der Waals surface area contributed by atoms with Crippen LogP contribution in [-0.2, 0) is 0 Å². The first-order valence-electron chi connectivity index (χ1n) is 7.81. The molecule has 0 aliphatic rings. The minimum absolute atomic E-state index is 0.138. The molecular formula is C17H28O5. The number of rotatable bonds is 8. The molecule has 0 heterocycles. The summed E-state index contributed by atoms with van der Waals surface area (Å²) in [6, 6.07) is 3.94. The average molecular weight is 312 g/mol. The van der Waals surface area contributed by atoms with Crippen molar-refractivity contribution < 1.29 is 25.5 Å². The van der Waals surface area contributed by atoms with E-state index in [0.29, 0.717) is 18.4 Å². The van der Waals surface area contributed by atoms with Crippen LogP contribution in [0.3, 0.4) is 0 Å². The van der Waals surface area contributed by atoms with Gasteiger partial charge in [-0.15, -0.1) is 0 Å². The van der Waals surface area contributed by atoms with Gasteiger partial charge in [-0.05, 0) is 42.9 Å². The maximum Gasteiger partial charge on any atom is 0.119 e. The third-order valence-electron chi connectivity index (χ3n) is 3.89. The van der Waals surface area contributed by atoms with Crippen molar-refractivity contribution in [2.75, 3.05) is 0 Å². The van der Waals surface area contributed by atoms with Crippen LogP contribution in [-0.4, -0.2) is 37.7 Å². The molecular weight excluding hydrogens is 284 g/mol. The number of benzene rings is 1. The zero-order valence-electron chi connectivity index (χ0n) is 13.5. The first-order valence-corrected chi connectivity index (χ1v) is 7.81. The molecule has 0 unspecified atom stereocenters. The lowest BCUT2D eigenvalue weighted by molar-refractivity contribution is -0.0240. The Morgan fingerprint density at radius 3 is 1.91 bits per heavy atom. The van der Waals surface area contributed by atoms with Crippen molar-refractivity contribution >= 4 is 0 Å². The zero-order chi connectivity index (χ0) is 16.9. The van der Waals surface area contributed by atoms with Gasteiger partial charge in [0.05, 0.1) is 18.3 Å². The van der Waals surface area contributed by atoms with Gasteiger partial charge < -0.3 is 25.5 Å². The van der Waals surface area contributed by atoms with Gasteiger partial charge in [0.15, 0.2) is 0 Å². The lowest BCUT2D eigenvalue weighted by Gasteiger charge is -2.30. The SMILES string of the molecule is CC[C@H](O)C[C@H](O)[C@H](CC(C)C)[C@H](O)c1cc(O)cc(O)c1. The van der Waals surface area contributed by atoms with E-state index < -0.39 is 24.2 Å². The van der Waals surface area contributed by atoms with Gasteiger partial charge in [-0.25, -0.2) is 0 Å². The number of phenols is 2. The quantitative estimate of drug-likeness (QED) is 0.507. The van der Waals surface area contributed by atoms with E-state index in [1.54, 1.807) is 0 Å². The van der Waals surface area contributed by atoms with Gasteiger partial charge in [0.1, 0.15) is 11.5 Å². The zero-order valence-corrected chi connectivity index (χ0v) is 13.5. The van der Waals surface area contributed by atoms with Crippen LogP contribution in [0.15, 0.2) is 18.2 Å². The van der Waals surface area contributed by atoms with Gasteiger partial charge in [0.2, 0.25) is 0 Å². The van der Waals surface area contributed by atoms with E-state index in [9.17, 15) is 25.5 Å². The third-order valence-corrected chi connectivity index (χ3v) is 3.89.